The van der Waals surface area contributed by atoms with E-state index >= 15 is 0 Å². The predicted octanol–water partition coefficient (Wildman–Crippen LogP) is 1.99. The summed E-state index contributed by atoms with van der Waals surface area (Å²) in [7, 11) is 1.79. The van der Waals surface area contributed by atoms with Crippen LogP contribution < -0.4 is 5.73 Å². The molecule has 1 aliphatic rings. The maximum atomic E-state index is 12.9. The van der Waals surface area contributed by atoms with E-state index in [4.69, 9.17) is 18.0 Å². The van der Waals surface area contributed by atoms with Gasteiger partial charge in [0.2, 0.25) is 5.91 Å². The van der Waals surface area contributed by atoms with Crippen molar-refractivity contribution in [3.63, 3.8) is 0 Å². The summed E-state index contributed by atoms with van der Waals surface area (Å²) in [6.45, 7) is 0.455. The van der Waals surface area contributed by atoms with Gasteiger partial charge < -0.3 is 15.6 Å². The van der Waals surface area contributed by atoms with Gasteiger partial charge in [0.25, 0.3) is 0 Å². The lowest BCUT2D eigenvalue weighted by Gasteiger charge is -2.34. The molecular weight excluding hydrogens is 272 g/mol. The second-order valence-corrected chi connectivity index (χ2v) is 6.00. The average molecular weight is 294 g/mol. The Labute approximate surface area is 124 Å². The standard InChI is InChI=1S/C14H22N4OS/c1-18(10-11-16-8-9-17-11)13(19)14(12(15)20)6-4-2-3-5-7-14/h8-9H,2-7,10H2,1H3,(H2,15,20)(H,16,17). The van der Waals surface area contributed by atoms with Crippen molar-refractivity contribution in [1.29, 1.82) is 0 Å². The molecule has 110 valence electrons. The number of nitrogens with two attached hydrogens (primary N) is 1. The van der Waals surface area contributed by atoms with Crippen LogP contribution in [0.15, 0.2) is 12.4 Å². The number of rotatable bonds is 4. The third-order valence-electron chi connectivity index (χ3n) is 4.13. The summed E-state index contributed by atoms with van der Waals surface area (Å²) in [6, 6.07) is 0. The van der Waals surface area contributed by atoms with E-state index in [0.717, 1.165) is 44.3 Å². The van der Waals surface area contributed by atoms with Crippen LogP contribution in [0.4, 0.5) is 0 Å². The Bertz CT molecular complexity index is 464. The fourth-order valence-electron chi connectivity index (χ4n) is 2.94. The Morgan fingerprint density at radius 1 is 1.45 bits per heavy atom. The number of nitrogens with one attached hydrogen (secondary N) is 1. The van der Waals surface area contributed by atoms with Crippen LogP contribution in [-0.4, -0.2) is 32.8 Å². The van der Waals surface area contributed by atoms with Gasteiger partial charge in [-0.1, -0.05) is 37.9 Å². The highest BCUT2D eigenvalue weighted by molar-refractivity contribution is 7.80. The zero-order chi connectivity index (χ0) is 14.6. The van der Waals surface area contributed by atoms with Crippen molar-refractivity contribution in [2.24, 2.45) is 11.1 Å². The highest BCUT2D eigenvalue weighted by Gasteiger charge is 2.43. The zero-order valence-corrected chi connectivity index (χ0v) is 12.7. The maximum Gasteiger partial charge on any atom is 0.235 e. The maximum absolute atomic E-state index is 12.9. The number of hydrogen-bond donors (Lipinski definition) is 2. The number of amides is 1. The van der Waals surface area contributed by atoms with E-state index in [0.29, 0.717) is 11.5 Å². The molecular formula is C14H22N4OS. The van der Waals surface area contributed by atoms with Crippen molar-refractivity contribution in [1.82, 2.24) is 14.9 Å². The molecule has 0 radical (unpaired) electrons. The van der Waals surface area contributed by atoms with Gasteiger partial charge in [0.15, 0.2) is 0 Å². The summed E-state index contributed by atoms with van der Waals surface area (Å²) in [5.41, 5.74) is 5.28. The summed E-state index contributed by atoms with van der Waals surface area (Å²) < 4.78 is 0. The molecule has 0 unspecified atom stereocenters. The monoisotopic (exact) mass is 294 g/mol. The van der Waals surface area contributed by atoms with Gasteiger partial charge in [-0.15, -0.1) is 0 Å². The van der Waals surface area contributed by atoms with E-state index < -0.39 is 5.41 Å². The Kier molecular flexibility index (Phi) is 4.75. The largest absolute Gasteiger partial charge is 0.392 e. The number of aromatic amines is 1. The summed E-state index contributed by atoms with van der Waals surface area (Å²) in [6.07, 6.45) is 9.30. The van der Waals surface area contributed by atoms with E-state index in [2.05, 4.69) is 9.97 Å². The van der Waals surface area contributed by atoms with Crippen LogP contribution in [0.2, 0.25) is 0 Å². The van der Waals surface area contributed by atoms with Crippen LogP contribution in [-0.2, 0) is 11.3 Å². The Morgan fingerprint density at radius 3 is 2.60 bits per heavy atom. The Hall–Kier alpha value is -1.43. The molecule has 1 saturated carbocycles. The van der Waals surface area contributed by atoms with Gasteiger partial charge in [-0.2, -0.15) is 0 Å². The smallest absolute Gasteiger partial charge is 0.235 e. The number of nitrogens with zero attached hydrogens (tertiary/aromatic N) is 2. The normalized spacial score (nSPS) is 18.2. The molecule has 0 aliphatic heterocycles. The van der Waals surface area contributed by atoms with Gasteiger partial charge in [0.1, 0.15) is 5.82 Å². The van der Waals surface area contributed by atoms with Crippen molar-refractivity contribution < 1.29 is 4.79 Å². The number of carbonyl (C=O) groups excluding carboxylic acids is 1. The van der Waals surface area contributed by atoms with Crippen molar-refractivity contribution in [2.45, 2.75) is 45.1 Å². The Balaban J connectivity index is 2.15. The molecule has 0 spiro atoms. The zero-order valence-electron chi connectivity index (χ0n) is 11.9. The SMILES string of the molecule is CN(Cc1ncc[nH]1)C(=O)C1(C(N)=S)CCCCCC1. The van der Waals surface area contributed by atoms with Crippen LogP contribution in [0.1, 0.15) is 44.3 Å². The van der Waals surface area contributed by atoms with Gasteiger partial charge in [-0.25, -0.2) is 4.98 Å². The molecule has 1 aromatic heterocycles. The molecule has 0 aromatic carbocycles. The molecule has 3 N–H and O–H groups in total. The number of aromatic nitrogens is 2. The second-order valence-electron chi connectivity index (χ2n) is 5.56. The van der Waals surface area contributed by atoms with Crippen molar-refractivity contribution in [2.75, 3.05) is 7.05 Å². The first-order chi connectivity index (χ1) is 9.56. The van der Waals surface area contributed by atoms with Crippen LogP contribution in [0, 0.1) is 5.41 Å². The van der Waals surface area contributed by atoms with E-state index in [1.165, 1.54) is 0 Å². The highest BCUT2D eigenvalue weighted by atomic mass is 32.1. The van der Waals surface area contributed by atoms with Crippen molar-refractivity contribution in [3.8, 4) is 0 Å². The van der Waals surface area contributed by atoms with E-state index in [-0.39, 0.29) is 5.91 Å². The quantitative estimate of drug-likeness (QED) is 0.658. The number of thiocarbonyl (C=S) groups is 1. The molecule has 6 heteroatoms. The average Bonchev–Trinajstić information content (AvgIpc) is 2.79. The van der Waals surface area contributed by atoms with Crippen LogP contribution in [0.5, 0.6) is 0 Å². The minimum absolute atomic E-state index is 0.0308. The fraction of sp³-hybridized carbons (Fsp3) is 0.643. The van der Waals surface area contributed by atoms with Gasteiger partial charge >= 0.3 is 0 Å². The number of carbonyl (C=O) groups is 1. The molecule has 1 aromatic rings. The molecule has 1 heterocycles. The first kappa shape index (κ1) is 15.0. The topological polar surface area (TPSA) is 75.0 Å². The van der Waals surface area contributed by atoms with Gasteiger partial charge in [-0.3, -0.25) is 4.79 Å². The first-order valence-electron chi connectivity index (χ1n) is 7.10. The van der Waals surface area contributed by atoms with E-state index in [9.17, 15) is 4.79 Å². The summed E-state index contributed by atoms with van der Waals surface area (Å²) in [4.78, 5) is 22.1. The third-order valence-corrected chi connectivity index (χ3v) is 4.52. The molecule has 5 nitrogen and oxygen atoms in total. The van der Waals surface area contributed by atoms with Crippen molar-refractivity contribution in [3.05, 3.63) is 18.2 Å². The summed E-state index contributed by atoms with van der Waals surface area (Å²) in [5.74, 6) is 0.802. The van der Waals surface area contributed by atoms with Gasteiger partial charge in [0.05, 0.1) is 16.9 Å². The summed E-state index contributed by atoms with van der Waals surface area (Å²) >= 11 is 5.24. The van der Waals surface area contributed by atoms with Crippen LogP contribution >= 0.6 is 12.2 Å². The van der Waals surface area contributed by atoms with Gasteiger partial charge in [-0.05, 0) is 12.8 Å². The second kappa shape index (κ2) is 6.35. The van der Waals surface area contributed by atoms with E-state index in [1.807, 2.05) is 0 Å². The van der Waals surface area contributed by atoms with Crippen LogP contribution in [0.3, 0.4) is 0 Å². The molecule has 1 aliphatic carbocycles. The lowest BCUT2D eigenvalue weighted by Crippen LogP contribution is -2.49. The molecule has 1 amide bonds. The molecule has 1 fully saturated rings. The molecule has 0 saturated heterocycles. The molecule has 2 rings (SSSR count). The molecule has 20 heavy (non-hydrogen) atoms. The Morgan fingerprint density at radius 2 is 2.10 bits per heavy atom. The van der Waals surface area contributed by atoms with Crippen molar-refractivity contribution >= 4 is 23.1 Å². The highest BCUT2D eigenvalue weighted by Crippen LogP contribution is 2.37. The number of hydrogen-bond acceptors (Lipinski definition) is 3. The lowest BCUT2D eigenvalue weighted by atomic mass is 9.79. The minimum Gasteiger partial charge on any atom is -0.392 e. The molecule has 0 bridgehead atoms. The minimum atomic E-state index is -0.660. The number of imidazole rings is 1. The fourth-order valence-corrected chi connectivity index (χ4v) is 3.24. The predicted molar refractivity (Wildman–Crippen MR) is 82.0 cm³/mol. The summed E-state index contributed by atoms with van der Waals surface area (Å²) in [5, 5.41) is 0. The third kappa shape index (κ3) is 3.00. The first-order valence-corrected chi connectivity index (χ1v) is 7.51. The lowest BCUT2D eigenvalue weighted by molar-refractivity contribution is -0.138. The van der Waals surface area contributed by atoms with Crippen LogP contribution in [0.25, 0.3) is 0 Å². The number of H-pyrrole nitrogens is 1. The van der Waals surface area contributed by atoms with E-state index in [1.54, 1.807) is 24.3 Å². The molecule has 0 atom stereocenters. The van der Waals surface area contributed by atoms with Gasteiger partial charge in [0, 0.05) is 19.4 Å².